The zero-order valence-electron chi connectivity index (χ0n) is 10.6. The van der Waals surface area contributed by atoms with Crippen LogP contribution in [0.25, 0.3) is 0 Å². The van der Waals surface area contributed by atoms with E-state index in [0.29, 0.717) is 17.6 Å². The van der Waals surface area contributed by atoms with E-state index in [1.54, 1.807) is 0 Å². The molecule has 0 fully saturated rings. The number of halogens is 1. The first kappa shape index (κ1) is 16.1. The predicted molar refractivity (Wildman–Crippen MR) is 63.8 cm³/mol. The largest absolute Gasteiger partial charge is 1.00 e. The number of carbonyl (C=O) groups is 1. The topological polar surface area (TPSA) is 26.3 Å². The highest BCUT2D eigenvalue weighted by atomic mass is 79.9. The number of hydrogen-bond acceptors (Lipinski definition) is 2. The zero-order valence-corrected chi connectivity index (χ0v) is 12.2. The smallest absolute Gasteiger partial charge is 0.361 e. The van der Waals surface area contributed by atoms with Crippen molar-refractivity contribution in [2.24, 2.45) is 0 Å². The number of quaternary nitrogens is 1. The lowest BCUT2D eigenvalue weighted by atomic mass is 10.2. The summed E-state index contributed by atoms with van der Waals surface area (Å²) in [5.41, 5.74) is 1.23. The first-order valence-electron chi connectivity index (χ1n) is 5.55. The quantitative estimate of drug-likeness (QED) is 0.506. The molecule has 0 unspecified atom stereocenters. The Labute approximate surface area is 114 Å². The monoisotopic (exact) mass is 301 g/mol. The highest BCUT2D eigenvalue weighted by Crippen LogP contribution is 2.08. The minimum absolute atomic E-state index is 0. The van der Waals surface area contributed by atoms with Gasteiger partial charge in [-0.05, 0) is 6.92 Å². The molecule has 0 aromatic heterocycles. The molecule has 0 saturated carbocycles. The molecule has 96 valence electrons. The highest BCUT2D eigenvalue weighted by Gasteiger charge is 2.21. The van der Waals surface area contributed by atoms with Crippen molar-refractivity contribution in [3.05, 3.63) is 35.9 Å². The summed E-state index contributed by atoms with van der Waals surface area (Å²) in [6.45, 7) is 3.52. The lowest BCUT2D eigenvalue weighted by Gasteiger charge is -2.28. The van der Waals surface area contributed by atoms with Crippen molar-refractivity contribution in [2.45, 2.75) is 13.5 Å². The van der Waals surface area contributed by atoms with Crippen LogP contribution in [0.4, 0.5) is 0 Å². The maximum absolute atomic E-state index is 11.4. The molecular weight excluding hydrogens is 282 g/mol. The average Bonchev–Trinajstić information content (AvgIpc) is 2.17. The number of benzene rings is 1. The van der Waals surface area contributed by atoms with E-state index in [9.17, 15) is 4.79 Å². The predicted octanol–water partition coefficient (Wildman–Crippen LogP) is -1.17. The molecule has 1 aromatic carbocycles. The fraction of sp³-hybridized carbons (Fsp3) is 0.462. The van der Waals surface area contributed by atoms with Gasteiger partial charge in [0.1, 0.15) is 6.54 Å². The summed E-state index contributed by atoms with van der Waals surface area (Å²) in [5.74, 6) is -0.136. The highest BCUT2D eigenvalue weighted by molar-refractivity contribution is 5.70. The summed E-state index contributed by atoms with van der Waals surface area (Å²) in [7, 11) is 4.06. The minimum Gasteiger partial charge on any atom is -1.00 e. The summed E-state index contributed by atoms with van der Waals surface area (Å²) >= 11 is 0. The van der Waals surface area contributed by atoms with Gasteiger partial charge in [0.2, 0.25) is 0 Å². The van der Waals surface area contributed by atoms with Crippen LogP contribution in [-0.2, 0) is 16.1 Å². The number of nitrogens with zero attached hydrogens (tertiary/aromatic N) is 1. The molecule has 4 heteroatoms. The van der Waals surface area contributed by atoms with Crippen molar-refractivity contribution in [1.29, 1.82) is 0 Å². The third-order valence-electron chi connectivity index (χ3n) is 2.32. The van der Waals surface area contributed by atoms with Crippen LogP contribution in [0.3, 0.4) is 0 Å². The lowest BCUT2D eigenvalue weighted by Crippen LogP contribution is -3.00. The fourth-order valence-electron chi connectivity index (χ4n) is 1.69. The van der Waals surface area contributed by atoms with Gasteiger partial charge in [-0.25, -0.2) is 4.79 Å². The van der Waals surface area contributed by atoms with E-state index in [-0.39, 0.29) is 23.0 Å². The molecule has 17 heavy (non-hydrogen) atoms. The number of esters is 1. The molecule has 0 aliphatic rings. The molecule has 0 saturated heterocycles. The van der Waals surface area contributed by atoms with Crippen LogP contribution in [0.5, 0.6) is 0 Å². The SMILES string of the molecule is CCOC(=O)C[N+](C)(C)Cc1ccccc1.[Br-]. The molecule has 0 spiro atoms. The lowest BCUT2D eigenvalue weighted by molar-refractivity contribution is -0.896. The van der Waals surface area contributed by atoms with Gasteiger partial charge in [0.25, 0.3) is 0 Å². The van der Waals surface area contributed by atoms with Crippen LogP contribution >= 0.6 is 0 Å². The van der Waals surface area contributed by atoms with Crippen LogP contribution in [0.15, 0.2) is 30.3 Å². The third kappa shape index (κ3) is 6.44. The molecule has 0 aliphatic carbocycles. The van der Waals surface area contributed by atoms with Crippen LogP contribution in [0.2, 0.25) is 0 Å². The first-order valence-corrected chi connectivity index (χ1v) is 5.55. The second kappa shape index (κ2) is 7.45. The molecule has 1 rings (SSSR count). The number of likely N-dealkylation sites (N-methyl/N-ethyl adjacent to an activating group) is 1. The molecule has 0 radical (unpaired) electrons. The summed E-state index contributed by atoms with van der Waals surface area (Å²) in [6, 6.07) is 10.2. The van der Waals surface area contributed by atoms with Crippen LogP contribution in [0.1, 0.15) is 12.5 Å². The van der Waals surface area contributed by atoms with Gasteiger partial charge in [-0.1, -0.05) is 30.3 Å². The Balaban J connectivity index is 0.00000256. The van der Waals surface area contributed by atoms with Crippen molar-refractivity contribution in [3.63, 3.8) is 0 Å². The van der Waals surface area contributed by atoms with Crippen LogP contribution in [-0.4, -0.2) is 37.7 Å². The van der Waals surface area contributed by atoms with Crippen molar-refractivity contribution in [3.8, 4) is 0 Å². The van der Waals surface area contributed by atoms with Gasteiger partial charge >= 0.3 is 5.97 Å². The minimum atomic E-state index is -0.136. The number of rotatable bonds is 5. The Kier molecular flexibility index (Phi) is 7.07. The Hall–Kier alpha value is -0.870. The van der Waals surface area contributed by atoms with Gasteiger partial charge in [-0.3, -0.25) is 0 Å². The van der Waals surface area contributed by atoms with Crippen molar-refractivity contribution in [2.75, 3.05) is 27.2 Å². The molecule has 0 bridgehead atoms. The maximum atomic E-state index is 11.4. The second-order valence-electron chi connectivity index (χ2n) is 4.54. The van der Waals surface area contributed by atoms with Gasteiger partial charge in [-0.2, -0.15) is 0 Å². The van der Waals surface area contributed by atoms with E-state index >= 15 is 0 Å². The van der Waals surface area contributed by atoms with Crippen molar-refractivity contribution < 1.29 is 31.0 Å². The molecular formula is C13H20BrNO2. The Bertz CT molecular complexity index is 339. The number of carbonyl (C=O) groups excluding carboxylic acids is 1. The Morgan fingerprint density at radius 3 is 2.35 bits per heavy atom. The average molecular weight is 302 g/mol. The number of ether oxygens (including phenoxy) is 1. The van der Waals surface area contributed by atoms with E-state index in [1.165, 1.54) is 5.56 Å². The van der Waals surface area contributed by atoms with Crippen LogP contribution in [0, 0.1) is 0 Å². The van der Waals surface area contributed by atoms with Gasteiger partial charge in [0, 0.05) is 5.56 Å². The summed E-state index contributed by atoms with van der Waals surface area (Å²) < 4.78 is 5.57. The molecule has 0 heterocycles. The summed E-state index contributed by atoms with van der Waals surface area (Å²) in [4.78, 5) is 11.4. The Morgan fingerprint density at radius 1 is 1.24 bits per heavy atom. The van der Waals surface area contributed by atoms with Gasteiger partial charge < -0.3 is 26.2 Å². The summed E-state index contributed by atoms with van der Waals surface area (Å²) in [5, 5.41) is 0. The standard InChI is InChI=1S/C13H20NO2.BrH/c1-4-16-13(15)11-14(2,3)10-12-8-6-5-7-9-12;/h5-9H,4,10-11H2,1-3H3;1H/q+1;/p-1. The number of hydrogen-bond donors (Lipinski definition) is 0. The van der Waals surface area contributed by atoms with Crippen molar-refractivity contribution in [1.82, 2.24) is 0 Å². The molecule has 0 aliphatic heterocycles. The van der Waals surface area contributed by atoms with E-state index in [4.69, 9.17) is 4.74 Å². The van der Waals surface area contributed by atoms with Gasteiger partial charge in [0.05, 0.1) is 20.7 Å². The van der Waals surface area contributed by atoms with E-state index in [0.717, 1.165) is 6.54 Å². The molecule has 0 atom stereocenters. The molecule has 1 aromatic rings. The zero-order chi connectivity index (χ0) is 12.0. The molecule has 0 N–H and O–H groups in total. The maximum Gasteiger partial charge on any atom is 0.361 e. The molecule has 0 amide bonds. The Morgan fingerprint density at radius 2 is 1.82 bits per heavy atom. The van der Waals surface area contributed by atoms with E-state index < -0.39 is 0 Å². The van der Waals surface area contributed by atoms with E-state index in [2.05, 4.69) is 12.1 Å². The fourth-order valence-corrected chi connectivity index (χ4v) is 1.69. The van der Waals surface area contributed by atoms with Crippen molar-refractivity contribution >= 4 is 5.97 Å². The normalized spacial score (nSPS) is 10.5. The molecule has 3 nitrogen and oxygen atoms in total. The summed E-state index contributed by atoms with van der Waals surface area (Å²) in [6.07, 6.45) is 0. The first-order chi connectivity index (χ1) is 7.53. The van der Waals surface area contributed by atoms with Crippen LogP contribution < -0.4 is 17.0 Å². The van der Waals surface area contributed by atoms with Gasteiger partial charge in [-0.15, -0.1) is 0 Å². The van der Waals surface area contributed by atoms with E-state index in [1.807, 2.05) is 39.2 Å². The second-order valence-corrected chi connectivity index (χ2v) is 4.54. The third-order valence-corrected chi connectivity index (χ3v) is 2.32. The van der Waals surface area contributed by atoms with Gasteiger partial charge in [0.15, 0.2) is 6.54 Å².